The number of phosphoric ester groups is 1. The van der Waals surface area contributed by atoms with Crippen molar-refractivity contribution in [3.8, 4) is 12.3 Å². The molecule has 2 unspecified atom stereocenters. The Morgan fingerprint density at radius 1 is 1.22 bits per heavy atom. The fourth-order valence-electron chi connectivity index (χ4n) is 3.49. The van der Waals surface area contributed by atoms with Gasteiger partial charge in [-0.3, -0.25) is 4.52 Å². The van der Waals surface area contributed by atoms with Gasteiger partial charge in [-0.15, -0.1) is 6.42 Å². The minimum atomic E-state index is -5.64. The third-order valence-electron chi connectivity index (χ3n) is 5.00. The highest BCUT2D eigenvalue weighted by Crippen LogP contribution is 2.67. The topological polar surface area (TPSA) is 229 Å². The Hall–Kier alpha value is -1.94. The van der Waals surface area contributed by atoms with Crippen LogP contribution in [0.2, 0.25) is 0 Å². The standard InChI is InChI=1S/C14H18N5O10P3/c1-4-14(5-27-31(23,24)29-32(25,26)28-30(20,21)22)8(2)11(9(14)3)19-7-18-10-12(15)16-6-17-13(10)19/h1,6-7,9,11H,2,5H2,3H3,(H,23,24)(H,25,26)(H2,15,16,17)(H2,20,21,22)/t9-,11+,14-/m0/s1. The first-order valence-corrected chi connectivity index (χ1v) is 13.0. The zero-order valence-corrected chi connectivity index (χ0v) is 18.9. The molecule has 2 aromatic rings. The third-order valence-corrected chi connectivity index (χ3v) is 8.78. The highest BCUT2D eigenvalue weighted by molar-refractivity contribution is 7.66. The van der Waals surface area contributed by atoms with E-state index in [1.165, 1.54) is 12.7 Å². The van der Waals surface area contributed by atoms with E-state index in [4.69, 9.17) is 26.5 Å². The molecule has 1 fully saturated rings. The van der Waals surface area contributed by atoms with Crippen molar-refractivity contribution in [2.75, 3.05) is 12.3 Å². The molecule has 0 amide bonds. The van der Waals surface area contributed by atoms with Gasteiger partial charge in [0, 0.05) is 5.92 Å². The number of nitrogens with two attached hydrogens (primary N) is 1. The van der Waals surface area contributed by atoms with Crippen LogP contribution < -0.4 is 5.73 Å². The van der Waals surface area contributed by atoms with Gasteiger partial charge in [0.2, 0.25) is 0 Å². The summed E-state index contributed by atoms with van der Waals surface area (Å²) >= 11 is 0. The number of phosphoric acid groups is 3. The Morgan fingerprint density at radius 2 is 1.88 bits per heavy atom. The molecule has 2 aromatic heterocycles. The van der Waals surface area contributed by atoms with Crippen LogP contribution in [0.5, 0.6) is 0 Å². The van der Waals surface area contributed by atoms with Crippen LogP contribution in [0, 0.1) is 23.7 Å². The van der Waals surface area contributed by atoms with Gasteiger partial charge in [0.15, 0.2) is 11.5 Å². The van der Waals surface area contributed by atoms with E-state index >= 15 is 0 Å². The van der Waals surface area contributed by atoms with Crippen molar-refractivity contribution in [3.63, 3.8) is 0 Å². The molecule has 18 heteroatoms. The minimum Gasteiger partial charge on any atom is -0.382 e. The third kappa shape index (κ3) is 4.57. The van der Waals surface area contributed by atoms with Crippen LogP contribution in [0.4, 0.5) is 5.82 Å². The summed E-state index contributed by atoms with van der Waals surface area (Å²) in [5.74, 6) is 2.16. The van der Waals surface area contributed by atoms with Crippen LogP contribution in [0.25, 0.3) is 11.2 Å². The Balaban J connectivity index is 1.78. The van der Waals surface area contributed by atoms with Gasteiger partial charge in [-0.05, 0) is 5.57 Å². The van der Waals surface area contributed by atoms with E-state index < -0.39 is 47.4 Å². The normalized spacial score (nSPS) is 27.3. The highest BCUT2D eigenvalue weighted by Gasteiger charge is 2.56. The van der Waals surface area contributed by atoms with Crippen molar-refractivity contribution in [1.29, 1.82) is 0 Å². The van der Waals surface area contributed by atoms with Crippen LogP contribution in [-0.2, 0) is 26.8 Å². The number of nitrogens with zero attached hydrogens (tertiary/aromatic N) is 4. The van der Waals surface area contributed by atoms with Gasteiger partial charge >= 0.3 is 23.5 Å². The highest BCUT2D eigenvalue weighted by atomic mass is 31.3. The van der Waals surface area contributed by atoms with Crippen molar-refractivity contribution < 1.29 is 46.4 Å². The predicted molar refractivity (Wildman–Crippen MR) is 108 cm³/mol. The lowest BCUT2D eigenvalue weighted by Crippen LogP contribution is -2.51. The number of terminal acetylenes is 1. The van der Waals surface area contributed by atoms with Gasteiger partial charge in [0.05, 0.1) is 24.4 Å². The molecule has 0 spiro atoms. The van der Waals surface area contributed by atoms with Crippen LogP contribution in [0.15, 0.2) is 24.8 Å². The smallest absolute Gasteiger partial charge is 0.382 e. The molecule has 1 aliphatic carbocycles. The Labute approximate surface area is 180 Å². The average Bonchev–Trinajstić information content (AvgIpc) is 3.04. The first-order chi connectivity index (χ1) is 14.6. The maximum atomic E-state index is 12.1. The molecule has 0 aliphatic heterocycles. The summed E-state index contributed by atoms with van der Waals surface area (Å²) in [6, 6.07) is -0.449. The van der Waals surface area contributed by atoms with Crippen molar-refractivity contribution in [2.45, 2.75) is 13.0 Å². The molecule has 3 rings (SSSR count). The summed E-state index contributed by atoms with van der Waals surface area (Å²) in [6.07, 6.45) is 8.36. The maximum absolute atomic E-state index is 12.1. The maximum Gasteiger partial charge on any atom is 0.490 e. The number of nitrogen functional groups attached to an aromatic ring is 1. The summed E-state index contributed by atoms with van der Waals surface area (Å²) in [7, 11) is -16.5. The molecule has 0 radical (unpaired) electrons. The predicted octanol–water partition coefficient (Wildman–Crippen LogP) is 1.12. The first kappa shape index (κ1) is 24.7. The summed E-state index contributed by atoms with van der Waals surface area (Å²) < 4.78 is 48.0. The largest absolute Gasteiger partial charge is 0.490 e. The fourth-order valence-corrected chi connectivity index (χ4v) is 6.55. The first-order valence-electron chi connectivity index (χ1n) is 8.51. The second kappa shape index (κ2) is 8.13. The average molecular weight is 509 g/mol. The van der Waals surface area contributed by atoms with E-state index in [1.54, 1.807) is 11.5 Å². The second-order valence-electron chi connectivity index (χ2n) is 6.82. The van der Waals surface area contributed by atoms with Crippen molar-refractivity contribution in [2.24, 2.45) is 11.3 Å². The van der Waals surface area contributed by atoms with Crippen LogP contribution in [0.1, 0.15) is 13.0 Å². The van der Waals surface area contributed by atoms with Crippen LogP contribution >= 0.6 is 23.5 Å². The van der Waals surface area contributed by atoms with Gasteiger partial charge in [0.1, 0.15) is 11.8 Å². The molecular formula is C14H18N5O10P3. The molecule has 6 N–H and O–H groups in total. The Kier molecular flexibility index (Phi) is 6.27. The van der Waals surface area contributed by atoms with Crippen molar-refractivity contribution >= 4 is 40.4 Å². The van der Waals surface area contributed by atoms with Crippen LogP contribution in [0.3, 0.4) is 0 Å². The number of hydrogen-bond donors (Lipinski definition) is 5. The summed E-state index contributed by atoms with van der Waals surface area (Å²) in [5, 5.41) is 0. The van der Waals surface area contributed by atoms with Crippen molar-refractivity contribution in [1.82, 2.24) is 19.5 Å². The minimum absolute atomic E-state index is 0.169. The number of imidazole rings is 1. The van der Waals surface area contributed by atoms with E-state index in [-0.39, 0.29) is 5.82 Å². The molecular weight excluding hydrogens is 491 g/mol. The number of fused-ring (bicyclic) bond motifs is 1. The second-order valence-corrected chi connectivity index (χ2v) is 11.2. The van der Waals surface area contributed by atoms with E-state index in [0.29, 0.717) is 16.7 Å². The number of anilines is 1. The lowest BCUT2D eigenvalue weighted by atomic mass is 9.55. The van der Waals surface area contributed by atoms with Gasteiger partial charge in [-0.2, -0.15) is 8.62 Å². The zero-order valence-electron chi connectivity index (χ0n) is 16.2. The number of hydrogen-bond acceptors (Lipinski definition) is 10. The molecule has 15 nitrogen and oxygen atoms in total. The summed E-state index contributed by atoms with van der Waals surface area (Å²) in [6.45, 7) is 4.97. The molecule has 174 valence electrons. The van der Waals surface area contributed by atoms with Gasteiger partial charge in [-0.25, -0.2) is 28.6 Å². The molecule has 32 heavy (non-hydrogen) atoms. The molecule has 0 aromatic carbocycles. The monoisotopic (exact) mass is 509 g/mol. The zero-order chi connectivity index (χ0) is 24.1. The van der Waals surface area contributed by atoms with Crippen LogP contribution in [-0.4, -0.2) is 45.7 Å². The fraction of sp³-hybridized carbons (Fsp3) is 0.357. The van der Waals surface area contributed by atoms with Crippen molar-refractivity contribution in [3.05, 3.63) is 24.8 Å². The molecule has 1 saturated carbocycles. The summed E-state index contributed by atoms with van der Waals surface area (Å²) in [4.78, 5) is 48.3. The SMILES string of the molecule is C#C[C@]1(COP(=O)(O)OP(=O)(O)OP(=O)(O)O)C(=C)[C@@H](n2cnc3c(N)ncnc32)[C@@H]1C. The molecule has 5 atom stereocenters. The molecule has 0 saturated heterocycles. The number of aromatic nitrogens is 4. The lowest BCUT2D eigenvalue weighted by molar-refractivity contribution is 0.0538. The molecule has 2 heterocycles. The molecule has 1 aliphatic rings. The van der Waals surface area contributed by atoms with Gasteiger partial charge < -0.3 is 29.9 Å². The van der Waals surface area contributed by atoms with Gasteiger partial charge in [-0.1, -0.05) is 19.4 Å². The quantitative estimate of drug-likeness (QED) is 0.191. The lowest BCUT2D eigenvalue weighted by Gasteiger charge is -2.53. The Morgan fingerprint density at radius 3 is 2.44 bits per heavy atom. The summed E-state index contributed by atoms with van der Waals surface area (Å²) in [5.41, 5.74) is 5.63. The van der Waals surface area contributed by atoms with E-state index in [9.17, 15) is 23.5 Å². The van der Waals surface area contributed by atoms with E-state index in [0.717, 1.165) is 0 Å². The van der Waals surface area contributed by atoms with Gasteiger partial charge in [0.25, 0.3) is 0 Å². The van der Waals surface area contributed by atoms with E-state index in [1.807, 2.05) is 0 Å². The molecule has 0 bridgehead atoms. The Bertz CT molecular complexity index is 1270. The number of rotatable bonds is 8. The van der Waals surface area contributed by atoms with E-state index in [2.05, 4.69) is 36.1 Å².